The van der Waals surface area contributed by atoms with Crippen LogP contribution >= 0.6 is 0 Å². The minimum absolute atomic E-state index is 0.0464. The molecule has 0 radical (unpaired) electrons. The average molecular weight is 329 g/mol. The van der Waals surface area contributed by atoms with Gasteiger partial charge >= 0.3 is 11.9 Å². The van der Waals surface area contributed by atoms with Gasteiger partial charge in [-0.05, 0) is 38.1 Å². The van der Waals surface area contributed by atoms with Crippen LogP contribution in [0.2, 0.25) is 0 Å². The van der Waals surface area contributed by atoms with Gasteiger partial charge < -0.3 is 9.47 Å². The summed E-state index contributed by atoms with van der Waals surface area (Å²) in [5, 5.41) is 0. The molecule has 0 atom stereocenters. The Morgan fingerprint density at radius 1 is 1.18 bits per heavy atom. The van der Waals surface area contributed by atoms with Gasteiger partial charge in [-0.1, -0.05) is 6.92 Å². The van der Waals surface area contributed by atoms with Crippen molar-refractivity contribution in [3.63, 3.8) is 0 Å². The lowest BCUT2D eigenvalue weighted by molar-refractivity contribution is -0.150. The van der Waals surface area contributed by atoms with Crippen LogP contribution in [0.1, 0.15) is 31.1 Å². The van der Waals surface area contributed by atoms with Crippen LogP contribution in [-0.2, 0) is 24.3 Å². The number of hydrogen-bond acceptors (Lipinski definition) is 6. The molecule has 122 valence electrons. The molecule has 0 saturated carbocycles. The second kappa shape index (κ2) is 7.90. The maximum Gasteiger partial charge on any atom is 0.344 e. The van der Waals surface area contributed by atoms with E-state index in [9.17, 15) is 18.0 Å². The lowest BCUT2D eigenvalue weighted by Gasteiger charge is -2.09. The van der Waals surface area contributed by atoms with Crippen LogP contribution in [0.4, 0.5) is 0 Å². The quantitative estimate of drug-likeness (QED) is 0.752. The molecule has 0 aliphatic heterocycles. The van der Waals surface area contributed by atoms with Crippen LogP contribution in [0.3, 0.4) is 0 Å². The second-order valence-corrected chi connectivity index (χ2v) is 6.41. The van der Waals surface area contributed by atoms with Gasteiger partial charge in [-0.25, -0.2) is 22.7 Å². The van der Waals surface area contributed by atoms with Gasteiger partial charge in [-0.15, -0.1) is 0 Å². The Hall–Kier alpha value is -1.93. The molecule has 8 heteroatoms. The summed E-state index contributed by atoms with van der Waals surface area (Å²) >= 11 is 0. The van der Waals surface area contributed by atoms with E-state index in [-0.39, 0.29) is 23.1 Å². The lowest BCUT2D eigenvalue weighted by atomic mass is 10.2. The van der Waals surface area contributed by atoms with Crippen LogP contribution < -0.4 is 4.72 Å². The summed E-state index contributed by atoms with van der Waals surface area (Å²) in [7, 11) is -3.57. The number of benzene rings is 1. The number of ether oxygens (including phenoxy) is 2. The predicted molar refractivity (Wildman–Crippen MR) is 78.8 cm³/mol. The minimum atomic E-state index is -3.57. The van der Waals surface area contributed by atoms with Crippen LogP contribution in [0.25, 0.3) is 0 Å². The zero-order chi connectivity index (χ0) is 16.8. The van der Waals surface area contributed by atoms with Gasteiger partial charge in [-0.2, -0.15) is 0 Å². The smallest absolute Gasteiger partial charge is 0.344 e. The molecule has 0 fully saturated rings. The number of hydrogen-bond donors (Lipinski definition) is 1. The van der Waals surface area contributed by atoms with E-state index in [0.29, 0.717) is 0 Å². The van der Waals surface area contributed by atoms with Gasteiger partial charge in [0.15, 0.2) is 6.61 Å². The molecular formula is C14H19NO6S. The summed E-state index contributed by atoms with van der Waals surface area (Å²) in [6, 6.07) is 5.22. The van der Waals surface area contributed by atoms with E-state index in [1.165, 1.54) is 24.3 Å². The van der Waals surface area contributed by atoms with Gasteiger partial charge in [-0.3, -0.25) is 0 Å². The Morgan fingerprint density at radius 2 is 1.77 bits per heavy atom. The monoisotopic (exact) mass is 329 g/mol. The largest absolute Gasteiger partial charge is 0.460 e. The highest BCUT2D eigenvalue weighted by Crippen LogP contribution is 2.11. The fourth-order valence-electron chi connectivity index (χ4n) is 1.55. The first-order chi connectivity index (χ1) is 10.3. The van der Waals surface area contributed by atoms with E-state index in [1.807, 2.05) is 0 Å². The van der Waals surface area contributed by atoms with E-state index >= 15 is 0 Å². The molecule has 1 aromatic carbocycles. The summed E-state index contributed by atoms with van der Waals surface area (Å²) in [5.74, 6) is -1.37. The van der Waals surface area contributed by atoms with Crippen molar-refractivity contribution in [2.24, 2.45) is 0 Å². The van der Waals surface area contributed by atoms with Crippen molar-refractivity contribution in [3.05, 3.63) is 29.8 Å². The van der Waals surface area contributed by atoms with E-state index in [4.69, 9.17) is 9.47 Å². The fraction of sp³-hybridized carbons (Fsp3) is 0.429. The molecule has 7 nitrogen and oxygen atoms in total. The van der Waals surface area contributed by atoms with E-state index in [0.717, 1.165) is 0 Å². The number of nitrogens with one attached hydrogen (secondary N) is 1. The molecule has 0 spiro atoms. The van der Waals surface area contributed by atoms with E-state index < -0.39 is 28.6 Å². The van der Waals surface area contributed by atoms with Crippen molar-refractivity contribution >= 4 is 22.0 Å². The second-order valence-electron chi connectivity index (χ2n) is 4.64. The van der Waals surface area contributed by atoms with Crippen LogP contribution in [0.15, 0.2) is 29.2 Å². The van der Waals surface area contributed by atoms with Crippen molar-refractivity contribution in [2.45, 2.75) is 31.8 Å². The molecule has 0 aliphatic rings. The highest BCUT2D eigenvalue weighted by molar-refractivity contribution is 7.89. The molecule has 0 aliphatic carbocycles. The first-order valence-corrected chi connectivity index (χ1v) is 8.21. The number of esters is 2. The zero-order valence-electron chi connectivity index (χ0n) is 12.7. The van der Waals surface area contributed by atoms with Gasteiger partial charge in [0.1, 0.15) is 0 Å². The van der Waals surface area contributed by atoms with Crippen molar-refractivity contribution in [1.82, 2.24) is 4.72 Å². The number of sulfonamides is 1. The van der Waals surface area contributed by atoms with Crippen LogP contribution in [0.5, 0.6) is 0 Å². The molecule has 1 rings (SSSR count). The Morgan fingerprint density at radius 3 is 2.27 bits per heavy atom. The molecular weight excluding hydrogens is 310 g/mol. The van der Waals surface area contributed by atoms with Crippen LogP contribution in [0, 0.1) is 0 Å². The standard InChI is InChI=1S/C14H19NO6S/c1-4-15-22(18,19)12-7-5-11(6-8-12)14(17)20-9-13(16)21-10(2)3/h5-8,10,15H,4,9H2,1-3H3. The third-order valence-electron chi connectivity index (χ3n) is 2.42. The molecule has 0 saturated heterocycles. The molecule has 22 heavy (non-hydrogen) atoms. The third-order valence-corrected chi connectivity index (χ3v) is 3.98. The molecule has 1 aromatic rings. The maximum atomic E-state index is 11.7. The topological polar surface area (TPSA) is 98.8 Å². The average Bonchev–Trinajstić information content (AvgIpc) is 2.44. The SMILES string of the molecule is CCNS(=O)(=O)c1ccc(C(=O)OCC(=O)OC(C)C)cc1. The Bertz CT molecular complexity index is 621. The summed E-state index contributed by atoms with van der Waals surface area (Å²) in [6.07, 6.45) is -0.290. The zero-order valence-corrected chi connectivity index (χ0v) is 13.5. The number of carbonyl (C=O) groups is 2. The normalized spacial score (nSPS) is 11.3. The van der Waals surface area contributed by atoms with Gasteiger partial charge in [0.25, 0.3) is 0 Å². The maximum absolute atomic E-state index is 11.7. The van der Waals surface area contributed by atoms with Crippen molar-refractivity contribution in [1.29, 1.82) is 0 Å². The van der Waals surface area contributed by atoms with Gasteiger partial charge in [0.05, 0.1) is 16.6 Å². The van der Waals surface area contributed by atoms with Gasteiger partial charge in [0, 0.05) is 6.54 Å². The van der Waals surface area contributed by atoms with Crippen molar-refractivity contribution < 1.29 is 27.5 Å². The molecule has 1 N–H and O–H groups in total. The highest BCUT2D eigenvalue weighted by atomic mass is 32.2. The summed E-state index contributed by atoms with van der Waals surface area (Å²) < 4.78 is 35.4. The third kappa shape index (κ3) is 5.45. The Kier molecular flexibility index (Phi) is 6.51. The summed E-state index contributed by atoms with van der Waals surface area (Å²) in [4.78, 5) is 23.0. The molecule has 0 bridgehead atoms. The first kappa shape index (κ1) is 18.1. The summed E-state index contributed by atoms with van der Waals surface area (Å²) in [6.45, 7) is 4.81. The first-order valence-electron chi connectivity index (χ1n) is 6.72. The summed E-state index contributed by atoms with van der Waals surface area (Å²) in [5.41, 5.74) is 0.146. The van der Waals surface area contributed by atoms with Crippen molar-refractivity contribution in [3.8, 4) is 0 Å². The minimum Gasteiger partial charge on any atom is -0.460 e. The Labute approximate surface area is 129 Å². The van der Waals surface area contributed by atoms with Crippen molar-refractivity contribution in [2.75, 3.05) is 13.2 Å². The molecule has 0 aromatic heterocycles. The Balaban J connectivity index is 2.67. The molecule has 0 heterocycles. The predicted octanol–water partition coefficient (Wildman–Crippen LogP) is 1.09. The fourth-order valence-corrected chi connectivity index (χ4v) is 2.59. The number of rotatable bonds is 7. The van der Waals surface area contributed by atoms with Crippen LogP contribution in [-0.4, -0.2) is 39.6 Å². The molecule has 0 amide bonds. The highest BCUT2D eigenvalue weighted by Gasteiger charge is 2.15. The number of carbonyl (C=O) groups excluding carboxylic acids is 2. The van der Waals surface area contributed by atoms with Gasteiger partial charge in [0.2, 0.25) is 10.0 Å². The lowest BCUT2D eigenvalue weighted by Crippen LogP contribution is -2.23. The van der Waals surface area contributed by atoms with E-state index in [2.05, 4.69) is 4.72 Å². The molecule has 0 unspecified atom stereocenters. The van der Waals surface area contributed by atoms with E-state index in [1.54, 1.807) is 20.8 Å².